The summed E-state index contributed by atoms with van der Waals surface area (Å²) in [6.07, 6.45) is 6.21. The van der Waals surface area contributed by atoms with Gasteiger partial charge in [0.05, 0.1) is 13.2 Å². The van der Waals surface area contributed by atoms with E-state index in [1.807, 2.05) is 6.26 Å². The van der Waals surface area contributed by atoms with Crippen molar-refractivity contribution < 1.29 is 9.84 Å². The zero-order valence-corrected chi connectivity index (χ0v) is 12.5. The smallest absolute Gasteiger partial charge is 0.132 e. The zero-order valence-electron chi connectivity index (χ0n) is 11.7. The van der Waals surface area contributed by atoms with Gasteiger partial charge in [0.1, 0.15) is 5.75 Å². The number of hydrogen-bond acceptors (Lipinski definition) is 4. The molecule has 0 saturated heterocycles. The maximum Gasteiger partial charge on any atom is 0.132 e. The van der Waals surface area contributed by atoms with E-state index in [0.717, 1.165) is 36.5 Å². The molecule has 2 unspecified atom stereocenters. The molecule has 1 aliphatic rings. The van der Waals surface area contributed by atoms with Crippen LogP contribution in [0.5, 0.6) is 5.75 Å². The molecule has 2 N–H and O–H groups in total. The minimum atomic E-state index is -0.193. The molecule has 1 aromatic carbocycles. The molecule has 1 fully saturated rings. The average Bonchev–Trinajstić information content (AvgIpc) is 2.46. The van der Waals surface area contributed by atoms with E-state index in [1.54, 1.807) is 18.9 Å². The molecular weight excluding hydrogens is 258 g/mol. The Balaban J connectivity index is 1.95. The Morgan fingerprint density at radius 3 is 2.84 bits per heavy atom. The Morgan fingerprint density at radius 2 is 2.16 bits per heavy atom. The number of ether oxygens (including phenoxy) is 1. The van der Waals surface area contributed by atoms with Crippen LogP contribution < -0.4 is 10.1 Å². The van der Waals surface area contributed by atoms with Gasteiger partial charge in [-0.1, -0.05) is 18.9 Å². The van der Waals surface area contributed by atoms with Crippen molar-refractivity contribution in [2.75, 3.05) is 13.4 Å². The number of hydrogen-bond donors (Lipinski definition) is 2. The number of methoxy groups -OCH3 is 1. The van der Waals surface area contributed by atoms with Crippen LogP contribution in [0.2, 0.25) is 0 Å². The molecule has 4 heteroatoms. The Kier molecular flexibility index (Phi) is 5.55. The van der Waals surface area contributed by atoms with E-state index < -0.39 is 0 Å². The van der Waals surface area contributed by atoms with Crippen LogP contribution in [0, 0.1) is 0 Å². The van der Waals surface area contributed by atoms with Gasteiger partial charge in [0.25, 0.3) is 0 Å². The molecule has 2 atom stereocenters. The fourth-order valence-electron chi connectivity index (χ4n) is 2.59. The van der Waals surface area contributed by atoms with Gasteiger partial charge in [0.2, 0.25) is 0 Å². The van der Waals surface area contributed by atoms with Crippen LogP contribution in [0.1, 0.15) is 31.2 Å². The molecule has 106 valence electrons. The molecule has 1 aromatic rings. The highest BCUT2D eigenvalue weighted by molar-refractivity contribution is 7.98. The average molecular weight is 281 g/mol. The number of thioether (sulfide) groups is 1. The van der Waals surface area contributed by atoms with Gasteiger partial charge in [-0.3, -0.25) is 0 Å². The van der Waals surface area contributed by atoms with Crippen molar-refractivity contribution in [2.24, 2.45) is 0 Å². The summed E-state index contributed by atoms with van der Waals surface area (Å²) in [7, 11) is 1.71. The van der Waals surface area contributed by atoms with Crippen LogP contribution in [0.15, 0.2) is 23.1 Å². The van der Waals surface area contributed by atoms with Gasteiger partial charge in [-0.05, 0) is 36.8 Å². The molecule has 1 aliphatic carbocycles. The second kappa shape index (κ2) is 7.17. The molecule has 2 rings (SSSR count). The molecule has 0 bridgehead atoms. The summed E-state index contributed by atoms with van der Waals surface area (Å²) < 4.78 is 5.39. The van der Waals surface area contributed by atoms with Crippen LogP contribution >= 0.6 is 11.8 Å². The van der Waals surface area contributed by atoms with E-state index in [2.05, 4.69) is 23.5 Å². The van der Waals surface area contributed by atoms with Gasteiger partial charge in [-0.2, -0.15) is 0 Å². The summed E-state index contributed by atoms with van der Waals surface area (Å²) >= 11 is 1.69. The molecule has 0 radical (unpaired) electrons. The highest BCUT2D eigenvalue weighted by Crippen LogP contribution is 2.28. The second-order valence-corrected chi connectivity index (χ2v) is 5.88. The predicted octanol–water partition coefficient (Wildman–Crippen LogP) is 2.81. The summed E-state index contributed by atoms with van der Waals surface area (Å²) in [5, 5.41) is 13.4. The van der Waals surface area contributed by atoms with Gasteiger partial charge < -0.3 is 15.2 Å². The highest BCUT2D eigenvalue weighted by atomic mass is 32.2. The Hall–Kier alpha value is -0.710. The van der Waals surface area contributed by atoms with Crippen molar-refractivity contribution in [3.05, 3.63) is 23.8 Å². The first-order chi connectivity index (χ1) is 9.24. The first kappa shape index (κ1) is 14.7. The van der Waals surface area contributed by atoms with Crippen LogP contribution in [-0.4, -0.2) is 30.6 Å². The summed E-state index contributed by atoms with van der Waals surface area (Å²) in [6, 6.07) is 6.53. The van der Waals surface area contributed by atoms with E-state index in [4.69, 9.17) is 4.74 Å². The third kappa shape index (κ3) is 3.88. The summed E-state index contributed by atoms with van der Waals surface area (Å²) in [4.78, 5) is 1.16. The fourth-order valence-corrected chi connectivity index (χ4v) is 3.14. The lowest BCUT2D eigenvalue weighted by molar-refractivity contribution is 0.0902. The topological polar surface area (TPSA) is 41.5 Å². The van der Waals surface area contributed by atoms with Crippen LogP contribution in [-0.2, 0) is 6.54 Å². The van der Waals surface area contributed by atoms with Gasteiger partial charge in [0, 0.05) is 17.5 Å². The standard InChI is InChI=1S/C15H23NO2S/c1-18-14-9-11(7-8-15(14)19-2)10-16-12-5-3-4-6-13(12)17/h7-9,12-13,16-17H,3-6,10H2,1-2H3. The van der Waals surface area contributed by atoms with Crippen molar-refractivity contribution in [2.45, 2.75) is 49.3 Å². The van der Waals surface area contributed by atoms with Gasteiger partial charge >= 0.3 is 0 Å². The lowest BCUT2D eigenvalue weighted by atomic mass is 9.92. The lowest BCUT2D eigenvalue weighted by Gasteiger charge is -2.28. The van der Waals surface area contributed by atoms with E-state index in [-0.39, 0.29) is 12.1 Å². The van der Waals surface area contributed by atoms with Crippen molar-refractivity contribution in [3.8, 4) is 5.75 Å². The quantitative estimate of drug-likeness (QED) is 0.814. The number of nitrogens with one attached hydrogen (secondary N) is 1. The third-order valence-corrected chi connectivity index (χ3v) is 4.52. The van der Waals surface area contributed by atoms with Crippen molar-refractivity contribution >= 4 is 11.8 Å². The number of aliphatic hydroxyl groups is 1. The van der Waals surface area contributed by atoms with E-state index >= 15 is 0 Å². The summed E-state index contributed by atoms with van der Waals surface area (Å²) in [5.41, 5.74) is 1.20. The summed E-state index contributed by atoms with van der Waals surface area (Å²) in [5.74, 6) is 0.927. The van der Waals surface area contributed by atoms with Crippen molar-refractivity contribution in [1.29, 1.82) is 0 Å². The first-order valence-electron chi connectivity index (χ1n) is 6.87. The maximum absolute atomic E-state index is 9.94. The number of benzene rings is 1. The minimum absolute atomic E-state index is 0.193. The van der Waals surface area contributed by atoms with Crippen LogP contribution in [0.25, 0.3) is 0 Å². The van der Waals surface area contributed by atoms with E-state index in [0.29, 0.717) is 0 Å². The Bertz CT molecular complexity index is 411. The zero-order chi connectivity index (χ0) is 13.7. The van der Waals surface area contributed by atoms with Crippen molar-refractivity contribution in [1.82, 2.24) is 5.32 Å². The molecule has 0 spiro atoms. The molecule has 0 amide bonds. The number of rotatable bonds is 5. The second-order valence-electron chi connectivity index (χ2n) is 5.03. The third-order valence-electron chi connectivity index (χ3n) is 3.75. The van der Waals surface area contributed by atoms with Gasteiger partial charge in [-0.25, -0.2) is 0 Å². The van der Waals surface area contributed by atoms with Gasteiger partial charge in [-0.15, -0.1) is 11.8 Å². The predicted molar refractivity (Wildman–Crippen MR) is 79.9 cm³/mol. The molecule has 0 aromatic heterocycles. The van der Waals surface area contributed by atoms with Gasteiger partial charge in [0.15, 0.2) is 0 Å². The minimum Gasteiger partial charge on any atom is -0.496 e. The molecule has 19 heavy (non-hydrogen) atoms. The number of aliphatic hydroxyl groups excluding tert-OH is 1. The Labute approximate surface area is 119 Å². The fraction of sp³-hybridized carbons (Fsp3) is 0.600. The molecule has 3 nitrogen and oxygen atoms in total. The lowest BCUT2D eigenvalue weighted by Crippen LogP contribution is -2.41. The van der Waals surface area contributed by atoms with E-state index in [1.165, 1.54) is 12.0 Å². The molecule has 0 heterocycles. The molecular formula is C15H23NO2S. The summed E-state index contributed by atoms with van der Waals surface area (Å²) in [6.45, 7) is 0.784. The normalized spacial score (nSPS) is 23.3. The van der Waals surface area contributed by atoms with E-state index in [9.17, 15) is 5.11 Å². The highest BCUT2D eigenvalue weighted by Gasteiger charge is 2.22. The van der Waals surface area contributed by atoms with Crippen molar-refractivity contribution in [3.63, 3.8) is 0 Å². The Morgan fingerprint density at radius 1 is 1.37 bits per heavy atom. The molecule has 1 saturated carbocycles. The monoisotopic (exact) mass is 281 g/mol. The SMILES string of the molecule is COc1cc(CNC2CCCCC2O)ccc1SC. The first-order valence-corrected chi connectivity index (χ1v) is 8.09. The maximum atomic E-state index is 9.94. The van der Waals surface area contributed by atoms with Crippen LogP contribution in [0.4, 0.5) is 0 Å². The molecule has 0 aliphatic heterocycles. The van der Waals surface area contributed by atoms with Crippen LogP contribution in [0.3, 0.4) is 0 Å². The largest absolute Gasteiger partial charge is 0.496 e.